The fourth-order valence-electron chi connectivity index (χ4n) is 3.75. The predicted molar refractivity (Wildman–Crippen MR) is 110 cm³/mol. The molecule has 6 heteroatoms. The van der Waals surface area contributed by atoms with E-state index in [1.54, 1.807) is 30.2 Å². The second-order valence-corrected chi connectivity index (χ2v) is 7.09. The highest BCUT2D eigenvalue weighted by molar-refractivity contribution is 6.13. The lowest BCUT2D eigenvalue weighted by molar-refractivity contribution is -0.117. The Labute approximate surface area is 163 Å². The van der Waals surface area contributed by atoms with Crippen molar-refractivity contribution >= 4 is 34.1 Å². The normalized spacial score (nSPS) is 14.0. The van der Waals surface area contributed by atoms with Gasteiger partial charge >= 0.3 is 0 Å². The molecule has 2 aromatic carbocycles. The number of aromatic amines is 1. The van der Waals surface area contributed by atoms with Crippen molar-refractivity contribution in [2.45, 2.75) is 26.7 Å². The Bertz CT molecular complexity index is 1080. The summed E-state index contributed by atoms with van der Waals surface area (Å²) in [5.74, 6) is 0.491. The van der Waals surface area contributed by atoms with Crippen molar-refractivity contribution < 1.29 is 14.3 Å². The Morgan fingerprint density at radius 2 is 2.04 bits per heavy atom. The van der Waals surface area contributed by atoms with Crippen LogP contribution in [-0.2, 0) is 4.79 Å². The van der Waals surface area contributed by atoms with Crippen molar-refractivity contribution in [3.63, 3.8) is 0 Å². The molecule has 2 heterocycles. The van der Waals surface area contributed by atoms with Crippen LogP contribution in [0, 0.1) is 13.8 Å². The van der Waals surface area contributed by atoms with Gasteiger partial charge in [-0.2, -0.15) is 0 Å². The molecule has 3 aromatic rings. The molecular formula is C22H23N3O3. The van der Waals surface area contributed by atoms with Crippen molar-refractivity contribution in [2.75, 3.05) is 23.9 Å². The summed E-state index contributed by atoms with van der Waals surface area (Å²) in [6.45, 7) is 4.70. The van der Waals surface area contributed by atoms with Gasteiger partial charge in [0, 0.05) is 29.7 Å². The first-order valence-corrected chi connectivity index (χ1v) is 9.37. The van der Waals surface area contributed by atoms with Gasteiger partial charge in [-0.05, 0) is 50.1 Å². The maximum absolute atomic E-state index is 13.0. The summed E-state index contributed by atoms with van der Waals surface area (Å²) >= 11 is 0. The second kappa shape index (κ2) is 7.03. The molecule has 28 heavy (non-hydrogen) atoms. The average molecular weight is 377 g/mol. The summed E-state index contributed by atoms with van der Waals surface area (Å²) in [5.41, 5.74) is 4.92. The highest BCUT2D eigenvalue weighted by atomic mass is 16.5. The summed E-state index contributed by atoms with van der Waals surface area (Å²) in [6, 6.07) is 11.1. The standard InChI is InChI=1S/C22H23N3O3/c1-13-14(2)23-21-16(13)6-4-7-17(21)22(27)24-15-9-10-19(28-3)18(12-15)25-11-5-8-20(25)26/h4,6-7,9-10,12,23H,5,8,11H2,1-3H3,(H,24,27). The van der Waals surface area contributed by atoms with Crippen LogP contribution in [0.25, 0.3) is 10.9 Å². The number of nitrogens with zero attached hydrogens (tertiary/aromatic N) is 1. The van der Waals surface area contributed by atoms with Crippen LogP contribution in [-0.4, -0.2) is 30.5 Å². The van der Waals surface area contributed by atoms with Crippen LogP contribution in [0.2, 0.25) is 0 Å². The summed E-state index contributed by atoms with van der Waals surface area (Å²) in [5, 5.41) is 4.00. The number of aryl methyl sites for hydroxylation is 2. The van der Waals surface area contributed by atoms with Crippen LogP contribution < -0.4 is 15.0 Å². The van der Waals surface area contributed by atoms with Crippen molar-refractivity contribution in [1.82, 2.24) is 4.98 Å². The van der Waals surface area contributed by atoms with Crippen molar-refractivity contribution in [1.29, 1.82) is 0 Å². The minimum absolute atomic E-state index is 0.0730. The average Bonchev–Trinajstić information content (AvgIpc) is 3.24. The van der Waals surface area contributed by atoms with E-state index < -0.39 is 0 Å². The molecule has 0 radical (unpaired) electrons. The van der Waals surface area contributed by atoms with E-state index in [4.69, 9.17) is 4.74 Å². The third-order valence-electron chi connectivity index (χ3n) is 5.39. The third kappa shape index (κ3) is 3.01. The second-order valence-electron chi connectivity index (χ2n) is 7.09. The number of carbonyl (C=O) groups is 2. The Hall–Kier alpha value is -3.28. The SMILES string of the molecule is COc1ccc(NC(=O)c2cccc3c(C)c(C)[nH]c23)cc1N1CCCC1=O. The number of fused-ring (bicyclic) bond motifs is 1. The van der Waals surface area contributed by atoms with E-state index in [9.17, 15) is 9.59 Å². The summed E-state index contributed by atoms with van der Waals surface area (Å²) in [4.78, 5) is 30.1. The molecule has 1 aliphatic heterocycles. The molecule has 1 fully saturated rings. The zero-order valence-electron chi connectivity index (χ0n) is 16.3. The number of ether oxygens (including phenoxy) is 1. The van der Waals surface area contributed by atoms with Crippen LogP contribution in [0.15, 0.2) is 36.4 Å². The minimum atomic E-state index is -0.198. The minimum Gasteiger partial charge on any atom is -0.495 e. The van der Waals surface area contributed by atoms with E-state index in [-0.39, 0.29) is 11.8 Å². The summed E-state index contributed by atoms with van der Waals surface area (Å²) < 4.78 is 5.41. The number of nitrogens with one attached hydrogen (secondary N) is 2. The summed E-state index contributed by atoms with van der Waals surface area (Å²) in [7, 11) is 1.58. The van der Waals surface area contributed by atoms with Gasteiger partial charge in [-0.25, -0.2) is 0 Å². The van der Waals surface area contributed by atoms with E-state index in [0.717, 1.165) is 28.6 Å². The molecule has 6 nitrogen and oxygen atoms in total. The van der Waals surface area contributed by atoms with Crippen LogP contribution in [0.5, 0.6) is 5.75 Å². The molecule has 1 aromatic heterocycles. The Morgan fingerprint density at radius 1 is 1.21 bits per heavy atom. The highest BCUT2D eigenvalue weighted by Gasteiger charge is 2.25. The molecule has 0 unspecified atom stereocenters. The number of H-pyrrole nitrogens is 1. The maximum Gasteiger partial charge on any atom is 0.257 e. The van der Waals surface area contributed by atoms with Gasteiger partial charge in [-0.15, -0.1) is 0 Å². The number of hydrogen-bond donors (Lipinski definition) is 2. The lowest BCUT2D eigenvalue weighted by Gasteiger charge is -2.20. The Balaban J connectivity index is 1.67. The van der Waals surface area contributed by atoms with E-state index in [2.05, 4.69) is 10.3 Å². The Morgan fingerprint density at radius 3 is 2.75 bits per heavy atom. The molecule has 1 saturated heterocycles. The van der Waals surface area contributed by atoms with Crippen molar-refractivity contribution in [3.8, 4) is 5.75 Å². The lowest BCUT2D eigenvalue weighted by Crippen LogP contribution is -2.24. The number of hydrogen-bond acceptors (Lipinski definition) is 3. The first-order valence-electron chi connectivity index (χ1n) is 9.37. The molecule has 0 atom stereocenters. The quantitative estimate of drug-likeness (QED) is 0.716. The van der Waals surface area contributed by atoms with E-state index >= 15 is 0 Å². The van der Waals surface area contributed by atoms with Gasteiger partial charge in [-0.3, -0.25) is 9.59 Å². The van der Waals surface area contributed by atoms with Gasteiger partial charge in [0.1, 0.15) is 5.75 Å². The number of rotatable bonds is 4. The molecule has 0 saturated carbocycles. The molecule has 1 aliphatic rings. The zero-order valence-corrected chi connectivity index (χ0v) is 16.3. The fourth-order valence-corrected chi connectivity index (χ4v) is 3.75. The predicted octanol–water partition coefficient (Wildman–Crippen LogP) is 4.17. The van der Waals surface area contributed by atoms with Crippen molar-refractivity contribution in [2.24, 2.45) is 0 Å². The van der Waals surface area contributed by atoms with E-state index in [0.29, 0.717) is 35.7 Å². The lowest BCUT2D eigenvalue weighted by atomic mass is 10.1. The van der Waals surface area contributed by atoms with Gasteiger partial charge in [0.05, 0.1) is 23.9 Å². The van der Waals surface area contributed by atoms with Crippen LogP contribution in [0.4, 0.5) is 11.4 Å². The molecule has 0 bridgehead atoms. The molecule has 2 amide bonds. The number of aromatic nitrogens is 1. The van der Waals surface area contributed by atoms with E-state index in [1.165, 1.54) is 0 Å². The molecule has 2 N–H and O–H groups in total. The van der Waals surface area contributed by atoms with Crippen LogP contribution in [0.3, 0.4) is 0 Å². The third-order valence-corrected chi connectivity index (χ3v) is 5.39. The number of anilines is 2. The summed E-state index contributed by atoms with van der Waals surface area (Å²) in [6.07, 6.45) is 1.36. The smallest absolute Gasteiger partial charge is 0.257 e. The molecule has 0 spiro atoms. The maximum atomic E-state index is 13.0. The van der Waals surface area contributed by atoms with E-state index in [1.807, 2.05) is 32.0 Å². The Kier molecular flexibility index (Phi) is 4.55. The number of para-hydroxylation sites is 1. The molecule has 0 aliphatic carbocycles. The first-order chi connectivity index (χ1) is 13.5. The zero-order chi connectivity index (χ0) is 19.8. The van der Waals surface area contributed by atoms with Crippen LogP contribution >= 0.6 is 0 Å². The topological polar surface area (TPSA) is 74.4 Å². The van der Waals surface area contributed by atoms with Gasteiger partial charge in [0.15, 0.2) is 0 Å². The highest BCUT2D eigenvalue weighted by Crippen LogP contribution is 2.34. The van der Waals surface area contributed by atoms with Crippen LogP contribution in [0.1, 0.15) is 34.5 Å². The first kappa shape index (κ1) is 18.1. The van der Waals surface area contributed by atoms with Gasteiger partial charge in [0.25, 0.3) is 5.91 Å². The monoisotopic (exact) mass is 377 g/mol. The number of amides is 2. The molecule has 144 valence electrons. The fraction of sp³-hybridized carbons (Fsp3) is 0.273. The number of benzene rings is 2. The van der Waals surface area contributed by atoms with Gasteiger partial charge in [-0.1, -0.05) is 12.1 Å². The number of methoxy groups -OCH3 is 1. The largest absolute Gasteiger partial charge is 0.495 e. The van der Waals surface area contributed by atoms with Gasteiger partial charge < -0.3 is 19.9 Å². The van der Waals surface area contributed by atoms with Gasteiger partial charge in [0.2, 0.25) is 5.91 Å². The van der Waals surface area contributed by atoms with Crippen molar-refractivity contribution in [3.05, 3.63) is 53.2 Å². The molecular weight excluding hydrogens is 354 g/mol. The number of carbonyl (C=O) groups excluding carboxylic acids is 2. The molecule has 4 rings (SSSR count).